The predicted molar refractivity (Wildman–Crippen MR) is 280 cm³/mol. The minimum atomic E-state index is -2.85. The van der Waals surface area contributed by atoms with Crippen LogP contribution >= 0.6 is 0 Å². The molecule has 5 aromatic rings. The number of fused-ring (bicyclic) bond motifs is 4. The third-order valence-corrected chi connectivity index (χ3v) is 18.3. The maximum atomic E-state index is 15.9. The minimum Gasteiger partial charge on any atom is -0.462 e. The number of benzene rings is 4. The van der Waals surface area contributed by atoms with Gasteiger partial charge in [0, 0.05) is 35.6 Å². The molecule has 0 saturated heterocycles. The van der Waals surface area contributed by atoms with Crippen LogP contribution in [0.2, 0.25) is 18.1 Å². The summed E-state index contributed by atoms with van der Waals surface area (Å²) < 4.78 is 26.5. The molecular formula is C57H70N4O9Si. The number of hydrogen-bond acceptors (Lipinski definition) is 9. The summed E-state index contributed by atoms with van der Waals surface area (Å²) in [5.74, 6) is -3.34. The third kappa shape index (κ3) is 12.2. The van der Waals surface area contributed by atoms with Crippen LogP contribution in [0, 0.1) is 5.92 Å². The SMILES string of the molecule is C=CCOC(=O)[C@H](C)NC(=O)[C@H](C[C@@H](C)COC(=O)c1ccccc1)N(C)C(=O)[C@@H](NC(=O)OCC1c2ccccc2-c2ccccc21)[C@H](O[Si](C)(C)C(C)(C)C)c1cn(C(C)(C)C=C)c2ccccc12. The molecule has 6 rings (SSSR count). The van der Waals surface area contributed by atoms with Crippen molar-refractivity contribution >= 4 is 49.1 Å². The summed E-state index contributed by atoms with van der Waals surface area (Å²) in [6, 6.07) is 28.5. The van der Waals surface area contributed by atoms with E-state index in [1.807, 2.05) is 86.8 Å². The lowest BCUT2D eigenvalue weighted by Crippen LogP contribution is -2.59. The summed E-state index contributed by atoms with van der Waals surface area (Å²) in [5, 5.41) is 6.15. The number of carbonyl (C=O) groups is 5. The molecule has 0 aliphatic heterocycles. The second-order valence-electron chi connectivity index (χ2n) is 20.5. The van der Waals surface area contributed by atoms with E-state index in [1.54, 1.807) is 37.3 Å². The van der Waals surface area contributed by atoms with Crippen LogP contribution in [0.4, 0.5) is 4.79 Å². The van der Waals surface area contributed by atoms with Crippen molar-refractivity contribution in [1.29, 1.82) is 0 Å². The zero-order chi connectivity index (χ0) is 51.8. The molecule has 4 aromatic carbocycles. The number of para-hydroxylation sites is 1. The van der Waals surface area contributed by atoms with Crippen LogP contribution in [-0.2, 0) is 38.6 Å². The maximum absolute atomic E-state index is 15.9. The smallest absolute Gasteiger partial charge is 0.407 e. The van der Waals surface area contributed by atoms with Gasteiger partial charge >= 0.3 is 18.0 Å². The number of aromatic nitrogens is 1. The fraction of sp³-hybridized carbons (Fsp3) is 0.386. The van der Waals surface area contributed by atoms with Crippen molar-refractivity contribution in [3.05, 3.63) is 157 Å². The second kappa shape index (κ2) is 22.5. The molecule has 71 heavy (non-hydrogen) atoms. The lowest BCUT2D eigenvalue weighted by molar-refractivity contribution is -0.148. The van der Waals surface area contributed by atoms with Gasteiger partial charge in [-0.1, -0.05) is 131 Å². The molecule has 0 unspecified atom stereocenters. The molecule has 5 atom stereocenters. The second-order valence-corrected chi connectivity index (χ2v) is 25.3. The van der Waals surface area contributed by atoms with Crippen LogP contribution < -0.4 is 10.6 Å². The normalized spacial score (nSPS) is 14.7. The summed E-state index contributed by atoms with van der Waals surface area (Å²) in [7, 11) is -1.36. The number of carbonyl (C=O) groups excluding carboxylic acids is 5. The molecule has 2 N–H and O–H groups in total. The molecule has 1 aromatic heterocycles. The van der Waals surface area contributed by atoms with Crippen molar-refractivity contribution in [1.82, 2.24) is 20.1 Å². The van der Waals surface area contributed by atoms with Gasteiger partial charge in [-0.05, 0) is 91.7 Å². The van der Waals surface area contributed by atoms with Crippen LogP contribution in [0.15, 0.2) is 135 Å². The van der Waals surface area contributed by atoms with Gasteiger partial charge in [0.25, 0.3) is 0 Å². The number of nitrogens with zero attached hydrogens (tertiary/aromatic N) is 2. The number of hydrogen-bond donors (Lipinski definition) is 2. The lowest BCUT2D eigenvalue weighted by Gasteiger charge is -2.42. The van der Waals surface area contributed by atoms with Gasteiger partial charge < -0.3 is 38.7 Å². The first-order chi connectivity index (χ1) is 33.6. The highest BCUT2D eigenvalue weighted by atomic mass is 28.4. The summed E-state index contributed by atoms with van der Waals surface area (Å²) in [6.45, 7) is 25.3. The summed E-state index contributed by atoms with van der Waals surface area (Å²) in [4.78, 5) is 72.4. The molecular weight excluding hydrogens is 913 g/mol. The highest BCUT2D eigenvalue weighted by Crippen LogP contribution is 2.46. The van der Waals surface area contributed by atoms with E-state index in [1.165, 1.54) is 24.9 Å². The number of nitrogens with one attached hydrogen (secondary N) is 2. The molecule has 1 aliphatic carbocycles. The number of allylic oxidation sites excluding steroid dienone is 1. The van der Waals surface area contributed by atoms with Crippen molar-refractivity contribution < 1.29 is 42.6 Å². The van der Waals surface area contributed by atoms with Crippen molar-refractivity contribution in [2.24, 2.45) is 5.92 Å². The Hall–Kier alpha value is -6.77. The molecule has 376 valence electrons. The fourth-order valence-corrected chi connectivity index (χ4v) is 9.87. The molecule has 0 saturated carbocycles. The van der Waals surface area contributed by atoms with Crippen molar-refractivity contribution in [2.75, 3.05) is 26.9 Å². The number of ether oxygens (including phenoxy) is 3. The highest BCUT2D eigenvalue weighted by Gasteiger charge is 2.46. The van der Waals surface area contributed by atoms with E-state index in [0.29, 0.717) is 11.1 Å². The van der Waals surface area contributed by atoms with Gasteiger partial charge in [-0.25, -0.2) is 14.4 Å². The van der Waals surface area contributed by atoms with Gasteiger partial charge in [0.05, 0.1) is 17.7 Å². The molecule has 1 aliphatic rings. The predicted octanol–water partition coefficient (Wildman–Crippen LogP) is 10.5. The first kappa shape index (κ1) is 53.6. The summed E-state index contributed by atoms with van der Waals surface area (Å²) in [5.41, 5.74) is 5.41. The Labute approximate surface area is 419 Å². The molecule has 0 radical (unpaired) electrons. The summed E-state index contributed by atoms with van der Waals surface area (Å²) in [6.07, 6.45) is 3.21. The van der Waals surface area contributed by atoms with Crippen LogP contribution in [0.1, 0.15) is 94.0 Å². The number of rotatable bonds is 21. The van der Waals surface area contributed by atoms with Crippen molar-refractivity contribution in [3.8, 4) is 11.1 Å². The molecule has 0 spiro atoms. The Morgan fingerprint density at radius 1 is 0.789 bits per heavy atom. The van der Waals surface area contributed by atoms with E-state index in [-0.39, 0.29) is 37.2 Å². The van der Waals surface area contributed by atoms with E-state index >= 15 is 4.79 Å². The van der Waals surface area contributed by atoms with Crippen LogP contribution in [0.5, 0.6) is 0 Å². The summed E-state index contributed by atoms with van der Waals surface area (Å²) >= 11 is 0. The minimum absolute atomic E-state index is 0.0111. The zero-order valence-corrected chi connectivity index (χ0v) is 43.8. The standard InChI is InChI=1S/C57H70N4O9Si/c1-13-32-67-53(64)38(4)58-51(62)48(33-37(3)35-68-54(65)39-24-16-15-17-25-39)60(10)52(63)49(59-55(66)69-36-46-42-28-20-18-26-40(42)41-27-19-21-29-43(41)46)50(70-71(11,12)56(5,6)7)45-34-61(57(8,9)14-2)47-31-23-22-30-44(45)47/h13-31,34,37-38,46,48-50H,1-2,32-33,35-36H2,3-12H3,(H,58,62)(H,59,66)/t37-,38+,48+,49+,50-/m1/s1. The van der Waals surface area contributed by atoms with Crippen LogP contribution in [-0.4, -0.2) is 92.6 Å². The van der Waals surface area contributed by atoms with Crippen LogP contribution in [0.25, 0.3) is 22.0 Å². The maximum Gasteiger partial charge on any atom is 0.407 e. The van der Waals surface area contributed by atoms with Crippen molar-refractivity contribution in [2.45, 2.75) is 109 Å². The van der Waals surface area contributed by atoms with Gasteiger partial charge in [0.15, 0.2) is 8.32 Å². The largest absolute Gasteiger partial charge is 0.462 e. The average Bonchev–Trinajstić information content (AvgIpc) is 3.90. The fourth-order valence-electron chi connectivity index (χ4n) is 8.62. The Morgan fingerprint density at radius 2 is 1.38 bits per heavy atom. The molecule has 0 fully saturated rings. The number of amides is 3. The van der Waals surface area contributed by atoms with Crippen LogP contribution in [0.3, 0.4) is 0 Å². The van der Waals surface area contributed by atoms with Gasteiger partial charge in [-0.3, -0.25) is 9.59 Å². The van der Waals surface area contributed by atoms with Gasteiger partial charge in [-0.2, -0.15) is 0 Å². The molecule has 1 heterocycles. The number of esters is 2. The van der Waals surface area contributed by atoms with E-state index in [0.717, 1.165) is 33.2 Å². The Morgan fingerprint density at radius 3 is 1.99 bits per heavy atom. The van der Waals surface area contributed by atoms with Crippen molar-refractivity contribution in [3.63, 3.8) is 0 Å². The molecule has 0 bridgehead atoms. The monoisotopic (exact) mass is 982 g/mol. The first-order valence-corrected chi connectivity index (χ1v) is 27.1. The van der Waals surface area contributed by atoms with Gasteiger partial charge in [0.1, 0.15) is 37.4 Å². The Bertz CT molecular complexity index is 2700. The van der Waals surface area contributed by atoms with Gasteiger partial charge in [0.2, 0.25) is 11.8 Å². The Kier molecular flexibility index (Phi) is 17.0. The number of alkyl carbamates (subject to hydrolysis) is 1. The van der Waals surface area contributed by atoms with E-state index in [4.69, 9.17) is 18.6 Å². The molecule has 3 amide bonds. The van der Waals surface area contributed by atoms with E-state index in [2.05, 4.69) is 74.4 Å². The molecule has 13 nitrogen and oxygen atoms in total. The molecule has 14 heteroatoms. The van der Waals surface area contributed by atoms with E-state index < -0.39 is 73.8 Å². The quantitative estimate of drug-likeness (QED) is 0.0316. The van der Waals surface area contributed by atoms with Gasteiger partial charge in [-0.15, -0.1) is 6.58 Å². The first-order valence-electron chi connectivity index (χ1n) is 24.2. The number of likely N-dealkylation sites (N-methyl/N-ethyl adjacent to an activating group) is 1. The third-order valence-electron chi connectivity index (χ3n) is 13.9. The Balaban J connectivity index is 1.44. The average molecular weight is 983 g/mol. The highest BCUT2D eigenvalue weighted by molar-refractivity contribution is 6.74. The zero-order valence-electron chi connectivity index (χ0n) is 42.8. The van der Waals surface area contributed by atoms with E-state index in [9.17, 15) is 19.2 Å². The lowest BCUT2D eigenvalue weighted by atomic mass is 9.97. The topological polar surface area (TPSA) is 154 Å².